The molecule has 5 nitrogen and oxygen atoms in total. The molecule has 0 spiro atoms. The molecule has 3 heterocycles. The van der Waals surface area contributed by atoms with E-state index in [2.05, 4.69) is 60.5 Å². The SMILES string of the molecule is CCCCCCC(=O)N1CCN(C(=O)CCN2CCc3sccc3[C@@H]2c2ccccc2)C[C@H]1C. The van der Waals surface area contributed by atoms with E-state index in [1.165, 1.54) is 28.8 Å². The van der Waals surface area contributed by atoms with Crippen LogP contribution in [0.1, 0.15) is 74.4 Å². The Hall–Kier alpha value is -2.18. The summed E-state index contributed by atoms with van der Waals surface area (Å²) in [6.45, 7) is 7.98. The number of carbonyl (C=O) groups excluding carboxylic acids is 2. The molecule has 4 rings (SSSR count). The van der Waals surface area contributed by atoms with Crippen LogP contribution in [0.3, 0.4) is 0 Å². The average Bonchev–Trinajstić information content (AvgIpc) is 3.34. The highest BCUT2D eigenvalue weighted by atomic mass is 32.1. The van der Waals surface area contributed by atoms with Gasteiger partial charge in [0.15, 0.2) is 0 Å². The summed E-state index contributed by atoms with van der Waals surface area (Å²) in [4.78, 5) is 33.7. The highest BCUT2D eigenvalue weighted by Gasteiger charge is 2.32. The fraction of sp³-hybridized carbons (Fsp3) is 0.571. The Morgan fingerprint density at radius 2 is 1.79 bits per heavy atom. The Bertz CT molecular complexity index is 944. The van der Waals surface area contributed by atoms with Crippen LogP contribution in [-0.2, 0) is 16.0 Å². The Labute approximate surface area is 208 Å². The predicted octanol–water partition coefficient (Wildman–Crippen LogP) is 5.12. The molecule has 0 N–H and O–H groups in total. The van der Waals surface area contributed by atoms with E-state index in [9.17, 15) is 9.59 Å². The van der Waals surface area contributed by atoms with Crippen molar-refractivity contribution in [1.82, 2.24) is 14.7 Å². The zero-order valence-electron chi connectivity index (χ0n) is 20.7. The minimum absolute atomic E-state index is 0.0943. The minimum Gasteiger partial charge on any atom is -0.339 e. The maximum Gasteiger partial charge on any atom is 0.223 e. The van der Waals surface area contributed by atoms with Crippen LogP contribution >= 0.6 is 11.3 Å². The zero-order valence-corrected chi connectivity index (χ0v) is 21.6. The molecule has 1 saturated heterocycles. The summed E-state index contributed by atoms with van der Waals surface area (Å²) in [5, 5.41) is 2.20. The number of hydrogen-bond acceptors (Lipinski definition) is 4. The number of nitrogens with zero attached hydrogens (tertiary/aromatic N) is 3. The van der Waals surface area contributed by atoms with E-state index in [1.807, 2.05) is 21.1 Å². The van der Waals surface area contributed by atoms with Crippen molar-refractivity contribution in [2.45, 2.75) is 70.9 Å². The minimum atomic E-state index is 0.0943. The lowest BCUT2D eigenvalue weighted by molar-refractivity contribution is -0.142. The van der Waals surface area contributed by atoms with E-state index in [-0.39, 0.29) is 23.9 Å². The van der Waals surface area contributed by atoms with Crippen LogP contribution < -0.4 is 0 Å². The lowest BCUT2D eigenvalue weighted by Gasteiger charge is -2.41. The molecule has 0 unspecified atom stereocenters. The van der Waals surface area contributed by atoms with Crippen LogP contribution in [0, 0.1) is 0 Å². The normalized spacial score (nSPS) is 20.9. The number of carbonyl (C=O) groups is 2. The number of rotatable bonds is 9. The first-order valence-electron chi connectivity index (χ1n) is 13.0. The summed E-state index contributed by atoms with van der Waals surface area (Å²) in [5.74, 6) is 0.464. The first-order chi connectivity index (χ1) is 16.6. The van der Waals surface area contributed by atoms with E-state index < -0.39 is 0 Å². The van der Waals surface area contributed by atoms with Crippen LogP contribution in [0.25, 0.3) is 0 Å². The summed E-state index contributed by atoms with van der Waals surface area (Å²) in [5.41, 5.74) is 2.70. The Balaban J connectivity index is 1.31. The molecule has 1 fully saturated rings. The van der Waals surface area contributed by atoms with Crippen LogP contribution in [0.15, 0.2) is 41.8 Å². The highest BCUT2D eigenvalue weighted by Crippen LogP contribution is 2.37. The molecule has 1 aromatic heterocycles. The molecule has 2 aliphatic heterocycles. The monoisotopic (exact) mass is 481 g/mol. The number of amides is 2. The topological polar surface area (TPSA) is 43.9 Å². The Morgan fingerprint density at radius 1 is 0.971 bits per heavy atom. The van der Waals surface area contributed by atoms with Crippen molar-refractivity contribution >= 4 is 23.2 Å². The molecule has 184 valence electrons. The van der Waals surface area contributed by atoms with Gasteiger partial charge in [-0.15, -0.1) is 11.3 Å². The molecule has 2 atom stereocenters. The molecule has 34 heavy (non-hydrogen) atoms. The summed E-state index contributed by atoms with van der Waals surface area (Å²) < 4.78 is 0. The molecular formula is C28H39N3O2S. The lowest BCUT2D eigenvalue weighted by Crippen LogP contribution is -2.55. The number of fused-ring (bicyclic) bond motifs is 1. The van der Waals surface area contributed by atoms with Crippen molar-refractivity contribution < 1.29 is 9.59 Å². The molecule has 0 radical (unpaired) electrons. The molecular weight excluding hydrogens is 442 g/mol. The van der Waals surface area contributed by atoms with Gasteiger partial charge in [0.05, 0.1) is 6.04 Å². The number of hydrogen-bond donors (Lipinski definition) is 0. The first kappa shape index (κ1) is 24.9. The van der Waals surface area contributed by atoms with E-state index in [1.54, 1.807) is 0 Å². The van der Waals surface area contributed by atoms with Crippen molar-refractivity contribution in [2.24, 2.45) is 0 Å². The van der Waals surface area contributed by atoms with Gasteiger partial charge in [0.25, 0.3) is 0 Å². The first-order valence-corrected chi connectivity index (χ1v) is 13.9. The number of benzene rings is 1. The van der Waals surface area contributed by atoms with Gasteiger partial charge in [0, 0.05) is 56.5 Å². The maximum absolute atomic E-state index is 13.1. The molecule has 2 aliphatic rings. The smallest absolute Gasteiger partial charge is 0.223 e. The number of thiophene rings is 1. The lowest BCUT2D eigenvalue weighted by atomic mass is 9.93. The number of piperazine rings is 1. The second kappa shape index (κ2) is 12.0. The van der Waals surface area contributed by atoms with Gasteiger partial charge < -0.3 is 9.80 Å². The molecule has 6 heteroatoms. The Morgan fingerprint density at radius 3 is 2.56 bits per heavy atom. The quantitative estimate of drug-likeness (QED) is 0.467. The van der Waals surface area contributed by atoms with E-state index in [0.29, 0.717) is 32.5 Å². The van der Waals surface area contributed by atoms with Crippen LogP contribution in [0.5, 0.6) is 0 Å². The maximum atomic E-state index is 13.1. The third-order valence-electron chi connectivity index (χ3n) is 7.34. The predicted molar refractivity (Wildman–Crippen MR) is 139 cm³/mol. The Kier molecular flexibility index (Phi) is 8.79. The number of unbranched alkanes of at least 4 members (excludes halogenated alkanes) is 3. The van der Waals surface area contributed by atoms with Crippen molar-refractivity contribution in [2.75, 3.05) is 32.7 Å². The summed E-state index contributed by atoms with van der Waals surface area (Å²) in [6.07, 6.45) is 6.70. The molecule has 1 aromatic carbocycles. The fourth-order valence-corrected chi connectivity index (χ4v) is 6.34. The van der Waals surface area contributed by atoms with Gasteiger partial charge in [-0.25, -0.2) is 0 Å². The summed E-state index contributed by atoms with van der Waals surface area (Å²) in [6, 6.07) is 13.2. The molecule has 0 aliphatic carbocycles. The van der Waals surface area contributed by atoms with E-state index in [0.717, 1.165) is 32.4 Å². The standard InChI is InChI=1S/C28H39N3O2S/c1-3-4-5-9-12-27(33)31-19-18-30(21-22(31)2)26(32)14-17-29-16-13-25-24(15-20-34-25)28(29)23-10-7-6-8-11-23/h6-8,10-11,15,20,22,28H,3-5,9,12-14,16-19,21H2,1-2H3/t22-,28+/m1/s1. The van der Waals surface area contributed by atoms with Gasteiger partial charge in [-0.3, -0.25) is 14.5 Å². The van der Waals surface area contributed by atoms with Crippen LogP contribution in [0.2, 0.25) is 0 Å². The van der Waals surface area contributed by atoms with Crippen molar-refractivity contribution in [3.05, 3.63) is 57.8 Å². The second-order valence-corrected chi connectivity index (χ2v) is 10.7. The van der Waals surface area contributed by atoms with E-state index in [4.69, 9.17) is 0 Å². The highest BCUT2D eigenvalue weighted by molar-refractivity contribution is 7.10. The third kappa shape index (κ3) is 5.89. The average molecular weight is 482 g/mol. The molecule has 0 saturated carbocycles. The molecule has 2 aromatic rings. The molecule has 2 amide bonds. The van der Waals surface area contributed by atoms with Gasteiger partial charge >= 0.3 is 0 Å². The fourth-order valence-electron chi connectivity index (χ4n) is 5.43. The van der Waals surface area contributed by atoms with Gasteiger partial charge in [0.2, 0.25) is 11.8 Å². The molecule has 0 bridgehead atoms. The van der Waals surface area contributed by atoms with Crippen LogP contribution in [0.4, 0.5) is 0 Å². The van der Waals surface area contributed by atoms with Crippen molar-refractivity contribution in [3.63, 3.8) is 0 Å². The van der Waals surface area contributed by atoms with Crippen molar-refractivity contribution in [1.29, 1.82) is 0 Å². The van der Waals surface area contributed by atoms with Crippen molar-refractivity contribution in [3.8, 4) is 0 Å². The van der Waals surface area contributed by atoms with Gasteiger partial charge in [0.1, 0.15) is 0 Å². The van der Waals surface area contributed by atoms with Gasteiger partial charge in [-0.05, 0) is 42.3 Å². The van der Waals surface area contributed by atoms with E-state index >= 15 is 0 Å². The van der Waals surface area contributed by atoms with Crippen LogP contribution in [-0.4, -0.2) is 65.3 Å². The summed E-state index contributed by atoms with van der Waals surface area (Å²) >= 11 is 1.85. The zero-order chi connectivity index (χ0) is 23.9. The summed E-state index contributed by atoms with van der Waals surface area (Å²) in [7, 11) is 0. The largest absolute Gasteiger partial charge is 0.339 e. The second-order valence-electron chi connectivity index (χ2n) is 9.73. The van der Waals surface area contributed by atoms with Gasteiger partial charge in [-0.2, -0.15) is 0 Å². The third-order valence-corrected chi connectivity index (χ3v) is 8.34. The van der Waals surface area contributed by atoms with Gasteiger partial charge in [-0.1, -0.05) is 56.5 Å².